The summed E-state index contributed by atoms with van der Waals surface area (Å²) in [6, 6.07) is 9.30. The maximum Gasteiger partial charge on any atom is 0.317 e. The van der Waals surface area contributed by atoms with E-state index in [1.807, 2.05) is 30.3 Å². The van der Waals surface area contributed by atoms with Crippen LogP contribution in [0.15, 0.2) is 30.3 Å². The summed E-state index contributed by atoms with van der Waals surface area (Å²) in [5.74, 6) is -0.369. The van der Waals surface area contributed by atoms with Crippen LogP contribution in [0, 0.1) is 0 Å². The highest BCUT2D eigenvalue weighted by atomic mass is 32.2. The second-order valence-corrected chi connectivity index (χ2v) is 11.0. The van der Waals surface area contributed by atoms with Crippen LogP contribution in [-0.4, -0.2) is 75.0 Å². The lowest BCUT2D eigenvalue weighted by Gasteiger charge is -2.35. The Balaban J connectivity index is 1.51. The van der Waals surface area contributed by atoms with Gasteiger partial charge in [0.25, 0.3) is 0 Å². The van der Waals surface area contributed by atoms with E-state index in [1.54, 1.807) is 4.90 Å². The summed E-state index contributed by atoms with van der Waals surface area (Å²) in [5.41, 5.74) is 0.990. The van der Waals surface area contributed by atoms with Gasteiger partial charge in [-0.3, -0.25) is 0 Å². The summed E-state index contributed by atoms with van der Waals surface area (Å²) in [5, 5.41) is 1.97. The van der Waals surface area contributed by atoms with Crippen LogP contribution in [0.3, 0.4) is 0 Å². The van der Waals surface area contributed by atoms with Crippen molar-refractivity contribution in [2.24, 2.45) is 0 Å². The smallest absolute Gasteiger partial charge is 0.317 e. The molecule has 2 heterocycles. The number of urea groups is 1. The molecule has 8 nitrogen and oxygen atoms in total. The van der Waals surface area contributed by atoms with E-state index in [2.05, 4.69) is 5.32 Å². The molecule has 2 aliphatic heterocycles. The molecule has 0 spiro atoms. The van der Waals surface area contributed by atoms with Gasteiger partial charge in [0.05, 0.1) is 16.8 Å². The van der Waals surface area contributed by atoms with Gasteiger partial charge in [0.15, 0.2) is 9.84 Å². The number of carbonyl (C=O) groups is 1. The maximum atomic E-state index is 12.6. The molecule has 0 unspecified atom stereocenters. The van der Waals surface area contributed by atoms with E-state index in [4.69, 9.17) is 0 Å². The molecule has 2 amide bonds. The minimum absolute atomic E-state index is 0.0707. The highest BCUT2D eigenvalue weighted by Gasteiger charge is 2.41. The minimum atomic E-state index is -3.64. The molecule has 1 aromatic rings. The molecular weight excluding hydrogens is 378 g/mol. The summed E-state index contributed by atoms with van der Waals surface area (Å²) < 4.78 is 49.6. The summed E-state index contributed by atoms with van der Waals surface area (Å²) in [4.78, 5) is 13.8. The predicted octanol–water partition coefficient (Wildman–Crippen LogP) is 0.0307. The van der Waals surface area contributed by atoms with Crippen molar-refractivity contribution in [1.82, 2.24) is 14.5 Å². The number of benzene rings is 1. The molecular formula is C16H23N3O5S2. The minimum Gasteiger partial charge on any atom is -0.334 e. The lowest BCUT2D eigenvalue weighted by atomic mass is 10.2. The van der Waals surface area contributed by atoms with Crippen molar-refractivity contribution in [3.8, 4) is 0 Å². The van der Waals surface area contributed by atoms with Gasteiger partial charge in [0, 0.05) is 32.7 Å². The van der Waals surface area contributed by atoms with Crippen LogP contribution in [0.4, 0.5) is 4.79 Å². The van der Waals surface area contributed by atoms with Crippen molar-refractivity contribution in [2.75, 3.05) is 37.7 Å². The molecule has 2 fully saturated rings. The number of hydrogen-bond donors (Lipinski definition) is 1. The Labute approximate surface area is 154 Å². The third kappa shape index (κ3) is 4.36. The number of nitrogens with one attached hydrogen (secondary N) is 1. The average Bonchev–Trinajstić information content (AvgIpc) is 3.01. The van der Waals surface area contributed by atoms with Gasteiger partial charge in [0.1, 0.15) is 0 Å². The Morgan fingerprint density at radius 1 is 1.12 bits per heavy atom. The van der Waals surface area contributed by atoms with Gasteiger partial charge < -0.3 is 10.2 Å². The van der Waals surface area contributed by atoms with Gasteiger partial charge in [-0.05, 0) is 12.0 Å². The zero-order valence-electron chi connectivity index (χ0n) is 14.4. The topological polar surface area (TPSA) is 104 Å². The first-order chi connectivity index (χ1) is 12.3. The zero-order chi connectivity index (χ0) is 18.8. The second-order valence-electron chi connectivity index (χ2n) is 6.60. The first-order valence-electron chi connectivity index (χ1n) is 8.54. The molecule has 0 saturated carbocycles. The number of sulfonamides is 1. The van der Waals surface area contributed by atoms with E-state index in [1.165, 1.54) is 4.31 Å². The highest BCUT2D eigenvalue weighted by molar-refractivity contribution is 7.95. The first-order valence-corrected chi connectivity index (χ1v) is 11.9. The Bertz CT molecular complexity index is 847. The van der Waals surface area contributed by atoms with Gasteiger partial charge in [-0.25, -0.2) is 21.6 Å². The third-order valence-electron chi connectivity index (χ3n) is 4.78. The monoisotopic (exact) mass is 401 g/mol. The number of carbonyl (C=O) groups excluding carboxylic acids is 1. The molecule has 26 heavy (non-hydrogen) atoms. The Morgan fingerprint density at radius 2 is 1.77 bits per heavy atom. The van der Waals surface area contributed by atoms with Crippen molar-refractivity contribution >= 4 is 25.9 Å². The Morgan fingerprint density at radius 3 is 2.35 bits per heavy atom. The predicted molar refractivity (Wildman–Crippen MR) is 97.8 cm³/mol. The van der Waals surface area contributed by atoms with Crippen LogP contribution < -0.4 is 5.32 Å². The molecule has 2 saturated heterocycles. The summed E-state index contributed by atoms with van der Waals surface area (Å²) in [6.07, 6.45) is 0.155. The van der Waals surface area contributed by atoms with Gasteiger partial charge in [-0.1, -0.05) is 30.3 Å². The summed E-state index contributed by atoms with van der Waals surface area (Å²) >= 11 is 0. The standard InChI is InChI=1S/C16H23N3O5S2/c20-16(17-12-14-4-2-1-3-5-14)18-7-9-19(10-8-18)26(23,24)15-6-11-25(21,22)13-15/h1-5,15H,6-13H2,(H,17,20)/t15-/m0/s1. The number of sulfone groups is 1. The normalized spacial score (nSPS) is 23.7. The van der Waals surface area contributed by atoms with Crippen molar-refractivity contribution in [3.63, 3.8) is 0 Å². The lowest BCUT2D eigenvalue weighted by molar-refractivity contribution is 0.171. The molecule has 1 aromatic carbocycles. The molecule has 0 aliphatic carbocycles. The van der Waals surface area contributed by atoms with E-state index in [0.29, 0.717) is 19.6 Å². The van der Waals surface area contributed by atoms with E-state index in [-0.39, 0.29) is 37.0 Å². The fourth-order valence-electron chi connectivity index (χ4n) is 3.24. The number of nitrogens with zero attached hydrogens (tertiary/aromatic N) is 2. The van der Waals surface area contributed by atoms with Crippen molar-refractivity contribution in [3.05, 3.63) is 35.9 Å². The van der Waals surface area contributed by atoms with Gasteiger partial charge >= 0.3 is 6.03 Å². The summed E-state index contributed by atoms with van der Waals surface area (Å²) in [7, 11) is -6.90. The quantitative estimate of drug-likeness (QED) is 0.767. The zero-order valence-corrected chi connectivity index (χ0v) is 16.0. The molecule has 0 aromatic heterocycles. The van der Waals surface area contributed by atoms with E-state index in [9.17, 15) is 21.6 Å². The molecule has 10 heteroatoms. The fourth-order valence-corrected chi connectivity index (χ4v) is 7.75. The number of hydrogen-bond acceptors (Lipinski definition) is 5. The molecule has 1 atom stereocenters. The number of rotatable bonds is 4. The molecule has 144 valence electrons. The van der Waals surface area contributed by atoms with Crippen LogP contribution in [0.1, 0.15) is 12.0 Å². The van der Waals surface area contributed by atoms with Crippen LogP contribution >= 0.6 is 0 Å². The third-order valence-corrected chi connectivity index (χ3v) is 9.09. The van der Waals surface area contributed by atoms with E-state index in [0.717, 1.165) is 5.56 Å². The Kier molecular flexibility index (Phi) is 5.54. The molecule has 0 radical (unpaired) electrons. The van der Waals surface area contributed by atoms with Crippen molar-refractivity contribution < 1.29 is 21.6 Å². The fraction of sp³-hybridized carbons (Fsp3) is 0.562. The lowest BCUT2D eigenvalue weighted by Crippen LogP contribution is -2.54. The van der Waals surface area contributed by atoms with Gasteiger partial charge in [-0.2, -0.15) is 4.31 Å². The number of amides is 2. The number of piperazine rings is 1. The average molecular weight is 402 g/mol. The van der Waals surface area contributed by atoms with Crippen LogP contribution in [-0.2, 0) is 26.4 Å². The second kappa shape index (κ2) is 7.53. The van der Waals surface area contributed by atoms with Gasteiger partial charge in [-0.15, -0.1) is 0 Å². The maximum absolute atomic E-state index is 12.6. The SMILES string of the molecule is O=C(NCc1ccccc1)N1CCN(S(=O)(=O)[C@H]2CCS(=O)(=O)C2)CC1. The van der Waals surface area contributed by atoms with Crippen LogP contribution in [0.2, 0.25) is 0 Å². The largest absolute Gasteiger partial charge is 0.334 e. The van der Waals surface area contributed by atoms with Crippen LogP contribution in [0.5, 0.6) is 0 Å². The molecule has 3 rings (SSSR count). The van der Waals surface area contributed by atoms with E-state index >= 15 is 0 Å². The first kappa shape index (κ1) is 19.1. The van der Waals surface area contributed by atoms with Crippen molar-refractivity contribution in [1.29, 1.82) is 0 Å². The molecule has 0 bridgehead atoms. The van der Waals surface area contributed by atoms with E-state index < -0.39 is 25.1 Å². The van der Waals surface area contributed by atoms with Gasteiger partial charge in [0.2, 0.25) is 10.0 Å². The summed E-state index contributed by atoms with van der Waals surface area (Å²) in [6.45, 7) is 1.38. The highest BCUT2D eigenvalue weighted by Crippen LogP contribution is 2.23. The van der Waals surface area contributed by atoms with Crippen LogP contribution in [0.25, 0.3) is 0 Å². The Hall–Kier alpha value is -1.65. The van der Waals surface area contributed by atoms with Crippen molar-refractivity contribution in [2.45, 2.75) is 18.2 Å². The molecule has 1 N–H and O–H groups in total. The molecule has 2 aliphatic rings.